The average Bonchev–Trinajstić information content (AvgIpc) is 3.62. The van der Waals surface area contributed by atoms with Gasteiger partial charge in [-0.3, -0.25) is 9.47 Å². The minimum absolute atomic E-state index is 0.145. The van der Waals surface area contributed by atoms with E-state index in [1.54, 1.807) is 30.2 Å². The predicted molar refractivity (Wildman–Crippen MR) is 144 cm³/mol. The highest BCUT2D eigenvalue weighted by molar-refractivity contribution is 8.36. The smallest absolute Gasteiger partial charge is 0.416 e. The fourth-order valence-electron chi connectivity index (χ4n) is 5.77. The molecule has 1 amide bonds. The Hall–Kier alpha value is -2.14. The summed E-state index contributed by atoms with van der Waals surface area (Å²) in [4.78, 5) is 34.5. The first-order valence-corrected chi connectivity index (χ1v) is 15.4. The minimum Gasteiger partial charge on any atom is -0.444 e. The van der Waals surface area contributed by atoms with Crippen molar-refractivity contribution in [2.45, 2.75) is 82.8 Å². The summed E-state index contributed by atoms with van der Waals surface area (Å²) in [6.45, 7) is 10.1. The van der Waals surface area contributed by atoms with Crippen LogP contribution in [0.1, 0.15) is 53.0 Å². The van der Waals surface area contributed by atoms with Gasteiger partial charge >= 0.3 is 18.0 Å². The molecule has 1 saturated heterocycles. The molecule has 0 radical (unpaired) electrons. The molecule has 0 spiro atoms. The molecular weight excluding hydrogens is 541 g/mol. The number of ether oxygens (including phenoxy) is 1. The number of rotatable bonds is 2. The maximum absolute atomic E-state index is 14.1. The largest absolute Gasteiger partial charge is 0.444 e. The molecule has 210 valence electrons. The van der Waals surface area contributed by atoms with E-state index in [0.29, 0.717) is 41.7 Å². The fraction of sp³-hybridized carbons (Fsp3) is 0.654. The normalized spacial score (nSPS) is 27.4. The van der Waals surface area contributed by atoms with E-state index in [1.807, 2.05) is 18.7 Å². The van der Waals surface area contributed by atoms with Gasteiger partial charge in [0.1, 0.15) is 11.4 Å². The van der Waals surface area contributed by atoms with Crippen molar-refractivity contribution in [2.75, 3.05) is 23.7 Å². The Morgan fingerprint density at radius 1 is 1.08 bits per heavy atom. The zero-order valence-electron chi connectivity index (χ0n) is 22.2. The Kier molecular flexibility index (Phi) is 6.86. The lowest BCUT2D eigenvalue weighted by molar-refractivity contribution is -0.137. The van der Waals surface area contributed by atoms with Gasteiger partial charge in [0.25, 0.3) is 0 Å². The molecule has 12 heteroatoms. The molecule has 2 aromatic rings. The topological polar surface area (TPSA) is 67.7 Å². The van der Waals surface area contributed by atoms with E-state index in [4.69, 9.17) is 15.4 Å². The second kappa shape index (κ2) is 9.50. The lowest BCUT2D eigenvalue weighted by atomic mass is 10.0. The maximum Gasteiger partial charge on any atom is 0.416 e. The first-order valence-electron chi connectivity index (χ1n) is 13.0. The number of thiol groups is 1. The van der Waals surface area contributed by atoms with Crippen molar-refractivity contribution < 1.29 is 22.7 Å². The molecule has 38 heavy (non-hydrogen) atoms. The van der Waals surface area contributed by atoms with E-state index in [-0.39, 0.29) is 29.2 Å². The van der Waals surface area contributed by atoms with Crippen LogP contribution in [0.25, 0.3) is 10.9 Å². The van der Waals surface area contributed by atoms with Gasteiger partial charge in [0.15, 0.2) is 0 Å². The number of nitrogens with zero attached hydrogens (tertiary/aromatic N) is 4. The van der Waals surface area contributed by atoms with E-state index in [9.17, 15) is 22.8 Å². The summed E-state index contributed by atoms with van der Waals surface area (Å²) in [6.07, 6.45) is -2.92. The Morgan fingerprint density at radius 3 is 2.26 bits per heavy atom. The number of hydrogen-bond donors (Lipinski definition) is 1. The van der Waals surface area contributed by atoms with Crippen LogP contribution in [-0.4, -0.2) is 57.1 Å². The molecule has 3 aliphatic rings. The number of alkyl halides is 3. The lowest BCUT2D eigenvalue weighted by Crippen LogP contribution is -2.59. The highest BCUT2D eigenvalue weighted by Gasteiger charge is 2.40. The number of carbonyl (C=O) groups is 1. The van der Waals surface area contributed by atoms with E-state index in [1.165, 1.54) is 0 Å². The van der Waals surface area contributed by atoms with Gasteiger partial charge in [0.2, 0.25) is 0 Å². The molecule has 1 aromatic heterocycles. The molecule has 5 rings (SSSR count). The van der Waals surface area contributed by atoms with Crippen LogP contribution in [0.2, 0.25) is 0 Å². The third-order valence-corrected chi connectivity index (χ3v) is 10.2. The first-order chi connectivity index (χ1) is 17.6. The van der Waals surface area contributed by atoms with Crippen LogP contribution in [0.3, 0.4) is 0 Å². The minimum atomic E-state index is -4.58. The van der Waals surface area contributed by atoms with Crippen LogP contribution >= 0.6 is 20.8 Å². The SMILES string of the molecule is C[C@@H]1CN(c2nc(=O)n3c4c(cc(C(F)(F)F)cc24)[SH](Cl)C[C@@H](C2CC2)C3)C[C@H](C)N1C(=O)OC(C)(C)C. The Balaban J connectivity index is 1.61. The van der Waals surface area contributed by atoms with Gasteiger partial charge in [-0.05, 0) is 77.2 Å². The molecular formula is C26H34ClF3N4O3S. The maximum atomic E-state index is 14.1. The standard InChI is InChI=1S/C26H34ClF3N4O3S/c1-14-10-32(11-15(2)34(14)24(36)37-25(3,4)5)22-19-8-18(26(28,29)30)9-20-21(19)33(23(35)31-22)12-17(13-38(20)27)16-6-7-16/h8-9,14-17,38H,6-7,10-13H2,1-5H3/t14-,15+,17-/m0/s1. The molecule has 4 atom stereocenters. The summed E-state index contributed by atoms with van der Waals surface area (Å²) >= 11 is 0. The highest BCUT2D eigenvalue weighted by Crippen LogP contribution is 2.53. The molecule has 0 N–H and O–H groups in total. The van der Waals surface area contributed by atoms with Crippen LogP contribution in [0, 0.1) is 11.8 Å². The van der Waals surface area contributed by atoms with Gasteiger partial charge in [0, 0.05) is 29.9 Å². The number of piperazine rings is 1. The Bertz CT molecular complexity index is 1310. The van der Waals surface area contributed by atoms with E-state index in [0.717, 1.165) is 25.0 Å². The number of halogens is 4. The van der Waals surface area contributed by atoms with Gasteiger partial charge in [0.05, 0.1) is 23.2 Å². The van der Waals surface area contributed by atoms with Crippen molar-refractivity contribution in [3.8, 4) is 0 Å². The summed E-state index contributed by atoms with van der Waals surface area (Å²) in [5.41, 5.74) is -1.46. The number of aromatic nitrogens is 2. The van der Waals surface area contributed by atoms with Crippen LogP contribution < -0.4 is 10.6 Å². The number of benzene rings is 1. The van der Waals surface area contributed by atoms with E-state index >= 15 is 0 Å². The van der Waals surface area contributed by atoms with Crippen LogP contribution in [-0.2, 0) is 17.5 Å². The summed E-state index contributed by atoms with van der Waals surface area (Å²) in [5, 5.41) is 0.282. The highest BCUT2D eigenvalue weighted by atomic mass is 35.7. The summed E-state index contributed by atoms with van der Waals surface area (Å²) in [7, 11) is 5.43. The number of carbonyl (C=O) groups excluding carboxylic acids is 1. The van der Waals surface area contributed by atoms with Gasteiger partial charge in [-0.25, -0.2) is 9.59 Å². The monoisotopic (exact) mass is 574 g/mol. The second-order valence-electron chi connectivity index (χ2n) is 11.9. The van der Waals surface area contributed by atoms with Gasteiger partial charge in [-0.2, -0.15) is 18.2 Å². The molecule has 1 saturated carbocycles. The van der Waals surface area contributed by atoms with Crippen molar-refractivity contribution in [1.82, 2.24) is 14.5 Å². The van der Waals surface area contributed by atoms with Crippen molar-refractivity contribution in [1.29, 1.82) is 0 Å². The first kappa shape index (κ1) is 27.4. The number of anilines is 1. The van der Waals surface area contributed by atoms with Crippen molar-refractivity contribution in [3.63, 3.8) is 0 Å². The molecule has 1 aliphatic carbocycles. The van der Waals surface area contributed by atoms with E-state index in [2.05, 4.69) is 4.98 Å². The zero-order chi connectivity index (χ0) is 27.7. The Labute approximate surface area is 227 Å². The quantitative estimate of drug-likeness (QED) is 0.459. The van der Waals surface area contributed by atoms with E-state index < -0.39 is 39.2 Å². The summed E-state index contributed by atoms with van der Waals surface area (Å²) in [6, 6.07) is 1.59. The number of amides is 1. The van der Waals surface area contributed by atoms with Crippen molar-refractivity contribution in [3.05, 3.63) is 28.2 Å². The fourth-order valence-corrected chi connectivity index (χ4v) is 8.46. The summed E-state index contributed by atoms with van der Waals surface area (Å²) < 4.78 is 49.3. The molecule has 0 bridgehead atoms. The number of hydrogen-bond acceptors (Lipinski definition) is 5. The van der Waals surface area contributed by atoms with Gasteiger partial charge in [-0.15, -0.1) is 10.1 Å². The molecule has 3 heterocycles. The third kappa shape index (κ3) is 5.20. The predicted octanol–water partition coefficient (Wildman–Crippen LogP) is 5.80. The Morgan fingerprint density at radius 2 is 1.71 bits per heavy atom. The molecule has 2 aliphatic heterocycles. The van der Waals surface area contributed by atoms with Gasteiger partial charge < -0.3 is 9.64 Å². The van der Waals surface area contributed by atoms with Crippen LogP contribution in [0.4, 0.5) is 23.8 Å². The molecule has 7 nitrogen and oxygen atoms in total. The van der Waals surface area contributed by atoms with Crippen LogP contribution in [0.15, 0.2) is 21.8 Å². The molecule has 1 unspecified atom stereocenters. The van der Waals surface area contributed by atoms with Crippen molar-refractivity contribution in [2.24, 2.45) is 11.8 Å². The third-order valence-electron chi connectivity index (χ3n) is 7.55. The molecule has 2 fully saturated rings. The molecule has 1 aromatic carbocycles. The summed E-state index contributed by atoms with van der Waals surface area (Å²) in [5.74, 6) is 1.38. The lowest BCUT2D eigenvalue weighted by Gasteiger charge is -2.45. The van der Waals surface area contributed by atoms with Crippen molar-refractivity contribution >= 4 is 43.6 Å². The van der Waals surface area contributed by atoms with Gasteiger partial charge in [-0.1, -0.05) is 10.7 Å². The van der Waals surface area contributed by atoms with Crippen LogP contribution in [0.5, 0.6) is 0 Å². The zero-order valence-corrected chi connectivity index (χ0v) is 23.8. The second-order valence-corrected chi connectivity index (χ2v) is 14.6. The average molecular weight is 575 g/mol.